The number of fused-ring (bicyclic) bond motifs is 5. The SMILES string of the molecule is CC1=C2C(O)C(=O)C3(C)C(O)CC4OC[C@H]4C3CC(O)(C[C@@H]1OC(=O)CCc1ccccc1)C2(C)C. The first-order valence-electron chi connectivity index (χ1n) is 13.1. The summed E-state index contributed by atoms with van der Waals surface area (Å²) in [5.74, 6) is -1.14. The van der Waals surface area contributed by atoms with Gasteiger partial charge >= 0.3 is 5.97 Å². The van der Waals surface area contributed by atoms with Gasteiger partial charge in [0, 0.05) is 30.6 Å². The quantitative estimate of drug-likeness (QED) is 0.432. The summed E-state index contributed by atoms with van der Waals surface area (Å²) >= 11 is 0. The molecule has 7 heteroatoms. The Bertz CT molecular complexity index is 1080. The Morgan fingerprint density at radius 2 is 1.83 bits per heavy atom. The Hall–Kier alpha value is -2.06. The number of carbonyl (C=O) groups excluding carboxylic acids is 2. The Morgan fingerprint density at radius 3 is 2.47 bits per heavy atom. The number of rotatable bonds is 4. The van der Waals surface area contributed by atoms with Gasteiger partial charge in [0.1, 0.15) is 12.2 Å². The Kier molecular flexibility index (Phi) is 6.22. The molecule has 1 aromatic carbocycles. The highest BCUT2D eigenvalue weighted by atomic mass is 16.5. The molecule has 2 bridgehead atoms. The van der Waals surface area contributed by atoms with Crippen LogP contribution in [0.4, 0.5) is 0 Å². The number of carbonyl (C=O) groups is 2. The Balaban J connectivity index is 1.48. The highest BCUT2D eigenvalue weighted by molar-refractivity contribution is 5.93. The lowest BCUT2D eigenvalue weighted by atomic mass is 9.47. The molecule has 4 aliphatic rings. The summed E-state index contributed by atoms with van der Waals surface area (Å²) in [7, 11) is 0. The Morgan fingerprint density at radius 1 is 1.14 bits per heavy atom. The van der Waals surface area contributed by atoms with Gasteiger partial charge in [0.05, 0.1) is 29.8 Å². The molecule has 0 amide bonds. The lowest BCUT2D eigenvalue weighted by Crippen LogP contribution is -2.69. The number of aliphatic hydroxyl groups is 3. The van der Waals surface area contributed by atoms with Crippen molar-refractivity contribution in [2.45, 2.75) is 89.8 Å². The van der Waals surface area contributed by atoms with Crippen molar-refractivity contribution in [3.05, 3.63) is 47.0 Å². The Labute approximate surface area is 212 Å². The molecule has 1 saturated heterocycles. The van der Waals surface area contributed by atoms with Gasteiger partial charge in [0.25, 0.3) is 0 Å². The second-order valence-corrected chi connectivity index (χ2v) is 12.1. The van der Waals surface area contributed by atoms with Crippen LogP contribution in [0.3, 0.4) is 0 Å². The second kappa shape index (κ2) is 8.76. The summed E-state index contributed by atoms with van der Waals surface area (Å²) < 4.78 is 11.6. The van der Waals surface area contributed by atoms with Crippen LogP contribution < -0.4 is 0 Å². The van der Waals surface area contributed by atoms with Gasteiger partial charge in [-0.1, -0.05) is 44.2 Å². The topological polar surface area (TPSA) is 113 Å². The molecule has 0 spiro atoms. The number of benzene rings is 1. The molecule has 3 fully saturated rings. The number of Topliss-reactive ketones (excluding diaryl/α,β-unsaturated/α-hetero) is 1. The fourth-order valence-corrected chi connectivity index (χ4v) is 7.38. The minimum absolute atomic E-state index is 0.0230. The van der Waals surface area contributed by atoms with Crippen molar-refractivity contribution < 1.29 is 34.4 Å². The summed E-state index contributed by atoms with van der Waals surface area (Å²) in [6, 6.07) is 9.69. The van der Waals surface area contributed by atoms with Gasteiger partial charge in [-0.15, -0.1) is 0 Å². The number of ether oxygens (including phenoxy) is 2. The molecule has 3 N–H and O–H groups in total. The van der Waals surface area contributed by atoms with Gasteiger partial charge < -0.3 is 24.8 Å². The number of ketones is 1. The molecule has 2 saturated carbocycles. The molecule has 196 valence electrons. The van der Waals surface area contributed by atoms with Gasteiger partial charge in [0.15, 0.2) is 5.78 Å². The molecule has 7 nitrogen and oxygen atoms in total. The van der Waals surface area contributed by atoms with E-state index in [1.807, 2.05) is 44.2 Å². The van der Waals surface area contributed by atoms with Crippen molar-refractivity contribution in [1.29, 1.82) is 0 Å². The van der Waals surface area contributed by atoms with Crippen molar-refractivity contribution in [2.24, 2.45) is 22.7 Å². The highest BCUT2D eigenvalue weighted by Gasteiger charge is 2.67. The maximum Gasteiger partial charge on any atom is 0.306 e. The monoisotopic (exact) mass is 498 g/mol. The summed E-state index contributed by atoms with van der Waals surface area (Å²) in [6.45, 7) is 7.68. The second-order valence-electron chi connectivity index (χ2n) is 12.1. The zero-order chi connectivity index (χ0) is 26.0. The van der Waals surface area contributed by atoms with Crippen molar-refractivity contribution >= 4 is 11.8 Å². The molecule has 1 heterocycles. The molecule has 0 aromatic heterocycles. The number of aliphatic hydroxyl groups excluding tert-OH is 2. The van der Waals surface area contributed by atoms with E-state index in [0.717, 1.165) is 5.56 Å². The maximum absolute atomic E-state index is 13.9. The van der Waals surface area contributed by atoms with E-state index in [-0.39, 0.29) is 43.2 Å². The molecule has 1 aliphatic heterocycles. The first-order chi connectivity index (χ1) is 16.9. The van der Waals surface area contributed by atoms with Gasteiger partial charge in [-0.25, -0.2) is 0 Å². The third-order valence-electron chi connectivity index (χ3n) is 10.0. The third kappa shape index (κ3) is 3.70. The average Bonchev–Trinajstić information content (AvgIpc) is 2.81. The lowest BCUT2D eigenvalue weighted by Gasteiger charge is -2.62. The fraction of sp³-hybridized carbons (Fsp3) is 0.655. The van der Waals surface area contributed by atoms with Crippen LogP contribution in [0.25, 0.3) is 0 Å². The number of esters is 1. The van der Waals surface area contributed by atoms with Gasteiger partial charge in [0.2, 0.25) is 0 Å². The van der Waals surface area contributed by atoms with E-state index in [1.54, 1.807) is 13.8 Å². The molecule has 36 heavy (non-hydrogen) atoms. The normalized spacial score (nSPS) is 41.4. The lowest BCUT2D eigenvalue weighted by molar-refractivity contribution is -0.243. The predicted molar refractivity (Wildman–Crippen MR) is 132 cm³/mol. The van der Waals surface area contributed by atoms with Crippen LogP contribution in [0.2, 0.25) is 0 Å². The van der Waals surface area contributed by atoms with Gasteiger partial charge in [-0.3, -0.25) is 9.59 Å². The van der Waals surface area contributed by atoms with Crippen LogP contribution in [0, 0.1) is 22.7 Å². The fourth-order valence-electron chi connectivity index (χ4n) is 7.38. The van der Waals surface area contributed by atoms with Crippen LogP contribution in [0.1, 0.15) is 58.9 Å². The zero-order valence-corrected chi connectivity index (χ0v) is 21.6. The van der Waals surface area contributed by atoms with E-state index >= 15 is 0 Å². The smallest absolute Gasteiger partial charge is 0.306 e. The minimum atomic E-state index is -1.50. The van der Waals surface area contributed by atoms with Crippen molar-refractivity contribution in [3.8, 4) is 0 Å². The van der Waals surface area contributed by atoms with E-state index in [4.69, 9.17) is 9.47 Å². The molecule has 5 rings (SSSR count). The minimum Gasteiger partial charge on any atom is -0.458 e. The first kappa shape index (κ1) is 25.6. The summed E-state index contributed by atoms with van der Waals surface area (Å²) in [5, 5.41) is 34.8. The van der Waals surface area contributed by atoms with Crippen molar-refractivity contribution in [3.63, 3.8) is 0 Å². The van der Waals surface area contributed by atoms with Crippen LogP contribution in [-0.2, 0) is 25.5 Å². The zero-order valence-electron chi connectivity index (χ0n) is 21.6. The summed E-state index contributed by atoms with van der Waals surface area (Å²) in [6.07, 6.45) is -1.85. The van der Waals surface area contributed by atoms with Crippen molar-refractivity contribution in [2.75, 3.05) is 6.61 Å². The largest absolute Gasteiger partial charge is 0.458 e. The van der Waals surface area contributed by atoms with E-state index in [0.29, 0.717) is 30.6 Å². The van der Waals surface area contributed by atoms with E-state index in [2.05, 4.69) is 0 Å². The van der Waals surface area contributed by atoms with E-state index in [9.17, 15) is 24.9 Å². The van der Waals surface area contributed by atoms with E-state index in [1.165, 1.54) is 0 Å². The molecule has 8 atom stereocenters. The highest BCUT2D eigenvalue weighted by Crippen LogP contribution is 2.61. The third-order valence-corrected chi connectivity index (χ3v) is 10.0. The van der Waals surface area contributed by atoms with E-state index < -0.39 is 40.5 Å². The van der Waals surface area contributed by atoms with Crippen LogP contribution >= 0.6 is 0 Å². The van der Waals surface area contributed by atoms with Gasteiger partial charge in [-0.2, -0.15) is 0 Å². The molecule has 6 unspecified atom stereocenters. The molecule has 3 aliphatic carbocycles. The summed E-state index contributed by atoms with van der Waals surface area (Å²) in [4.78, 5) is 26.7. The van der Waals surface area contributed by atoms with Crippen LogP contribution in [-0.4, -0.2) is 63.7 Å². The average molecular weight is 499 g/mol. The number of hydrogen-bond acceptors (Lipinski definition) is 7. The number of hydrogen-bond donors (Lipinski definition) is 3. The molecule has 0 radical (unpaired) electrons. The number of aryl methyl sites for hydroxylation is 1. The standard InChI is InChI=1S/C29H38O7/c1-16-21(36-23(31)11-10-17-8-6-5-7-9-17)14-29(34)13-19-18-15-35-20(18)12-22(30)28(19,4)26(33)25(32)24(16)27(29,2)3/h5-9,18-22,25,30,32,34H,10-15H2,1-4H3/t18-,19?,20?,21-,22?,25?,28?,29?/m0/s1. The van der Waals surface area contributed by atoms with Crippen molar-refractivity contribution in [1.82, 2.24) is 0 Å². The molecular weight excluding hydrogens is 460 g/mol. The predicted octanol–water partition coefficient (Wildman–Crippen LogP) is 2.74. The van der Waals surface area contributed by atoms with Crippen LogP contribution in [0.5, 0.6) is 0 Å². The maximum atomic E-state index is 13.9. The van der Waals surface area contributed by atoms with Gasteiger partial charge in [-0.05, 0) is 49.3 Å². The first-order valence-corrected chi connectivity index (χ1v) is 13.1. The van der Waals surface area contributed by atoms with Crippen LogP contribution in [0.15, 0.2) is 41.5 Å². The summed E-state index contributed by atoms with van der Waals surface area (Å²) in [5.41, 5.74) is -1.43. The molecule has 1 aromatic rings. The molecular formula is C29H38O7.